The first kappa shape index (κ1) is 8.72. The number of pyridine rings is 1. The molecule has 2 heterocycles. The summed E-state index contributed by atoms with van der Waals surface area (Å²) in [6.45, 7) is 1.13. The van der Waals surface area contributed by atoms with Crippen molar-refractivity contribution in [3.63, 3.8) is 0 Å². The van der Waals surface area contributed by atoms with Gasteiger partial charge < -0.3 is 4.90 Å². The second-order valence-corrected chi connectivity index (χ2v) is 4.48. The van der Waals surface area contributed by atoms with Crippen molar-refractivity contribution >= 4 is 5.82 Å². The fourth-order valence-corrected chi connectivity index (χ4v) is 2.85. The van der Waals surface area contributed by atoms with E-state index in [0.29, 0.717) is 11.7 Å². The number of aromatic nitrogens is 1. The molecule has 1 aromatic rings. The Bertz CT molecular complexity index is 421. The summed E-state index contributed by atoms with van der Waals surface area (Å²) in [6, 6.07) is 8.48. The summed E-state index contributed by atoms with van der Waals surface area (Å²) in [5.74, 6) is 1.85. The smallest absolute Gasteiger partial charge is 0.142 e. The van der Waals surface area contributed by atoms with Gasteiger partial charge in [-0.2, -0.15) is 5.26 Å². The van der Waals surface area contributed by atoms with Crippen LogP contribution in [0.5, 0.6) is 0 Å². The van der Waals surface area contributed by atoms with E-state index in [1.807, 2.05) is 12.1 Å². The number of piperidine rings is 1. The van der Waals surface area contributed by atoms with Crippen molar-refractivity contribution in [2.24, 2.45) is 5.92 Å². The monoisotopic (exact) mass is 199 g/mol. The van der Waals surface area contributed by atoms with E-state index in [9.17, 15) is 0 Å². The summed E-state index contributed by atoms with van der Waals surface area (Å²) >= 11 is 0. The summed E-state index contributed by atoms with van der Waals surface area (Å²) in [5, 5.41) is 8.81. The molecule has 1 saturated carbocycles. The summed E-state index contributed by atoms with van der Waals surface area (Å²) in [6.07, 6.45) is 3.99. The van der Waals surface area contributed by atoms with Gasteiger partial charge in [0.1, 0.15) is 17.6 Å². The van der Waals surface area contributed by atoms with Crippen LogP contribution in [0.1, 0.15) is 25.0 Å². The summed E-state index contributed by atoms with van der Waals surface area (Å²) < 4.78 is 0. The highest BCUT2D eigenvalue weighted by Gasteiger charge is 2.38. The molecule has 2 atom stereocenters. The third kappa shape index (κ3) is 1.37. The van der Waals surface area contributed by atoms with E-state index in [2.05, 4.69) is 16.0 Å². The third-order valence-corrected chi connectivity index (χ3v) is 3.55. The molecule has 0 aromatic carbocycles. The summed E-state index contributed by atoms with van der Waals surface area (Å²) in [4.78, 5) is 6.73. The second kappa shape index (κ2) is 3.23. The van der Waals surface area contributed by atoms with Crippen molar-refractivity contribution < 1.29 is 0 Å². The van der Waals surface area contributed by atoms with Gasteiger partial charge in [-0.05, 0) is 37.3 Å². The molecule has 1 aliphatic heterocycles. The SMILES string of the molecule is N#Cc1cccc(N2CC3CCC2C3)n1. The average molecular weight is 199 g/mol. The number of fused-ring (bicyclic) bond motifs is 2. The lowest BCUT2D eigenvalue weighted by Gasteiger charge is -2.27. The largest absolute Gasteiger partial charge is 0.353 e. The lowest BCUT2D eigenvalue weighted by atomic mass is 10.1. The molecule has 2 bridgehead atoms. The molecule has 2 fully saturated rings. The number of rotatable bonds is 1. The van der Waals surface area contributed by atoms with Crippen LogP contribution in [0.15, 0.2) is 18.2 Å². The molecule has 0 spiro atoms. The van der Waals surface area contributed by atoms with Gasteiger partial charge >= 0.3 is 0 Å². The molecule has 1 saturated heterocycles. The van der Waals surface area contributed by atoms with Crippen LogP contribution in [-0.2, 0) is 0 Å². The molecule has 1 aromatic heterocycles. The normalized spacial score (nSPS) is 28.1. The van der Waals surface area contributed by atoms with Gasteiger partial charge in [0.15, 0.2) is 0 Å². The maximum Gasteiger partial charge on any atom is 0.142 e. The van der Waals surface area contributed by atoms with E-state index in [1.165, 1.54) is 19.3 Å². The van der Waals surface area contributed by atoms with Gasteiger partial charge in [0, 0.05) is 12.6 Å². The highest BCUT2D eigenvalue weighted by Crippen LogP contribution is 2.39. The highest BCUT2D eigenvalue weighted by atomic mass is 15.2. The molecular formula is C12H13N3. The van der Waals surface area contributed by atoms with Gasteiger partial charge in [-0.3, -0.25) is 0 Å². The quantitative estimate of drug-likeness (QED) is 0.694. The maximum atomic E-state index is 8.81. The second-order valence-electron chi connectivity index (χ2n) is 4.48. The van der Waals surface area contributed by atoms with E-state index in [4.69, 9.17) is 5.26 Å². The fraction of sp³-hybridized carbons (Fsp3) is 0.500. The first-order valence-corrected chi connectivity index (χ1v) is 5.50. The van der Waals surface area contributed by atoms with Crippen molar-refractivity contribution in [3.8, 4) is 6.07 Å². The van der Waals surface area contributed by atoms with E-state index < -0.39 is 0 Å². The number of hydrogen-bond donors (Lipinski definition) is 0. The fourth-order valence-electron chi connectivity index (χ4n) is 2.85. The molecular weight excluding hydrogens is 186 g/mol. The minimum atomic E-state index is 0.523. The van der Waals surface area contributed by atoms with Gasteiger partial charge in [-0.15, -0.1) is 0 Å². The Morgan fingerprint density at radius 1 is 1.40 bits per heavy atom. The van der Waals surface area contributed by atoms with Crippen LogP contribution < -0.4 is 4.90 Å². The van der Waals surface area contributed by atoms with Crippen molar-refractivity contribution in [2.75, 3.05) is 11.4 Å². The maximum absolute atomic E-state index is 8.81. The van der Waals surface area contributed by atoms with Crippen LogP contribution in [0.2, 0.25) is 0 Å². The van der Waals surface area contributed by atoms with Gasteiger partial charge in [0.25, 0.3) is 0 Å². The Morgan fingerprint density at radius 2 is 2.33 bits per heavy atom. The Kier molecular flexibility index (Phi) is 1.88. The van der Waals surface area contributed by atoms with Gasteiger partial charge in [0.05, 0.1) is 0 Å². The molecule has 2 unspecified atom stereocenters. The first-order valence-electron chi connectivity index (χ1n) is 5.50. The Labute approximate surface area is 89.3 Å². The summed E-state index contributed by atoms with van der Waals surface area (Å²) in [5.41, 5.74) is 0.523. The summed E-state index contributed by atoms with van der Waals surface area (Å²) in [7, 11) is 0. The highest BCUT2D eigenvalue weighted by molar-refractivity contribution is 5.44. The van der Waals surface area contributed by atoms with Crippen molar-refractivity contribution in [3.05, 3.63) is 23.9 Å². The zero-order valence-electron chi connectivity index (χ0n) is 8.56. The molecule has 15 heavy (non-hydrogen) atoms. The van der Waals surface area contributed by atoms with Crippen molar-refractivity contribution in [2.45, 2.75) is 25.3 Å². The van der Waals surface area contributed by atoms with Crippen LogP contribution in [0.4, 0.5) is 5.82 Å². The average Bonchev–Trinajstić information content (AvgIpc) is 2.91. The van der Waals surface area contributed by atoms with E-state index in [1.54, 1.807) is 6.07 Å². The number of anilines is 1. The van der Waals surface area contributed by atoms with Crippen LogP contribution in [0.25, 0.3) is 0 Å². The molecule has 2 aliphatic rings. The molecule has 0 radical (unpaired) electrons. The van der Waals surface area contributed by atoms with E-state index in [0.717, 1.165) is 18.3 Å². The van der Waals surface area contributed by atoms with Crippen LogP contribution in [-0.4, -0.2) is 17.6 Å². The predicted octanol–water partition coefficient (Wildman–Crippen LogP) is 1.94. The standard InChI is InChI=1S/C12H13N3/c13-7-10-2-1-3-12(14-10)15-8-9-4-5-11(15)6-9/h1-3,9,11H,4-6,8H2. The molecule has 0 amide bonds. The predicted molar refractivity (Wildman–Crippen MR) is 57.4 cm³/mol. The van der Waals surface area contributed by atoms with Crippen LogP contribution >= 0.6 is 0 Å². The number of nitriles is 1. The third-order valence-electron chi connectivity index (χ3n) is 3.55. The van der Waals surface area contributed by atoms with Crippen molar-refractivity contribution in [1.29, 1.82) is 5.26 Å². The van der Waals surface area contributed by atoms with Gasteiger partial charge in [-0.1, -0.05) is 6.07 Å². The van der Waals surface area contributed by atoms with E-state index in [-0.39, 0.29) is 0 Å². The Balaban J connectivity index is 1.90. The number of nitrogens with zero attached hydrogens (tertiary/aromatic N) is 3. The van der Waals surface area contributed by atoms with E-state index >= 15 is 0 Å². The van der Waals surface area contributed by atoms with Gasteiger partial charge in [-0.25, -0.2) is 4.98 Å². The molecule has 1 aliphatic carbocycles. The zero-order chi connectivity index (χ0) is 10.3. The van der Waals surface area contributed by atoms with Crippen LogP contribution in [0, 0.1) is 17.2 Å². The lowest BCUT2D eigenvalue weighted by molar-refractivity contribution is 0.550. The molecule has 76 valence electrons. The lowest BCUT2D eigenvalue weighted by Crippen LogP contribution is -2.32. The zero-order valence-corrected chi connectivity index (χ0v) is 8.56. The Morgan fingerprint density at radius 3 is 3.00 bits per heavy atom. The Hall–Kier alpha value is -1.56. The molecule has 0 N–H and O–H groups in total. The molecule has 3 nitrogen and oxygen atoms in total. The first-order chi connectivity index (χ1) is 7.36. The topological polar surface area (TPSA) is 39.9 Å². The van der Waals surface area contributed by atoms with Crippen molar-refractivity contribution in [1.82, 2.24) is 4.98 Å². The molecule has 3 heteroatoms. The van der Waals surface area contributed by atoms with Gasteiger partial charge in [0.2, 0.25) is 0 Å². The molecule has 3 rings (SSSR count). The minimum absolute atomic E-state index is 0.523. The van der Waals surface area contributed by atoms with Crippen LogP contribution in [0.3, 0.4) is 0 Å². The number of hydrogen-bond acceptors (Lipinski definition) is 3. The minimum Gasteiger partial charge on any atom is -0.353 e.